The third-order valence-electron chi connectivity index (χ3n) is 3.67. The largest absolute Gasteiger partial charge is 0.467 e. The molecule has 2 rings (SSSR count). The van der Waals surface area contributed by atoms with Crippen molar-refractivity contribution < 1.29 is 28.2 Å². The van der Waals surface area contributed by atoms with Gasteiger partial charge in [0, 0.05) is 22.8 Å². The summed E-state index contributed by atoms with van der Waals surface area (Å²) in [7, 11) is 1.42. The smallest absolute Gasteiger partial charge is 0.333 e. The monoisotopic (exact) mass is 454 g/mol. The Morgan fingerprint density at radius 3 is 2.68 bits per heavy atom. The van der Waals surface area contributed by atoms with Crippen LogP contribution in [0.5, 0.6) is 5.75 Å². The number of amides is 1. The maximum Gasteiger partial charge on any atom is 0.333 e. The number of anilines is 1. The van der Waals surface area contributed by atoms with Gasteiger partial charge in [-0.3, -0.25) is 4.79 Å². The molecule has 0 aliphatic carbocycles. The van der Waals surface area contributed by atoms with Crippen molar-refractivity contribution in [3.63, 3.8) is 0 Å². The number of nitrogens with one attached hydrogen (secondary N) is 1. The van der Waals surface area contributed by atoms with Gasteiger partial charge in [0.05, 0.1) is 12.2 Å². The number of hydrogen-bond acceptors (Lipinski definition) is 6. The van der Waals surface area contributed by atoms with E-state index in [1.54, 1.807) is 19.1 Å². The standard InChI is InChI=1S/C19H20BrFN2O5/c1-3-27-19(25)17(14-9-12(21)5-7-16(14)28-10-26-2)23-18(24)13-8-11(20)4-6-15(13)22/h4-9,17H,3,10,22H2,1-2H3,(H,23,24). The molecule has 1 amide bonds. The van der Waals surface area contributed by atoms with Gasteiger partial charge >= 0.3 is 5.97 Å². The fourth-order valence-corrected chi connectivity index (χ4v) is 2.78. The number of nitrogens with two attached hydrogens (primary N) is 1. The highest BCUT2D eigenvalue weighted by Gasteiger charge is 2.29. The van der Waals surface area contributed by atoms with Crippen LogP contribution in [0.4, 0.5) is 10.1 Å². The zero-order valence-corrected chi connectivity index (χ0v) is 16.9. The van der Waals surface area contributed by atoms with Crippen molar-refractivity contribution in [1.82, 2.24) is 5.32 Å². The molecular formula is C19H20BrFN2O5. The Labute approximate surface area is 170 Å². The topological polar surface area (TPSA) is 99.9 Å². The molecule has 2 aromatic rings. The molecule has 0 saturated heterocycles. The van der Waals surface area contributed by atoms with Crippen LogP contribution in [0.25, 0.3) is 0 Å². The first-order valence-electron chi connectivity index (χ1n) is 8.31. The van der Waals surface area contributed by atoms with Gasteiger partial charge in [0.25, 0.3) is 5.91 Å². The summed E-state index contributed by atoms with van der Waals surface area (Å²) in [6.45, 7) is 1.57. The molecule has 28 heavy (non-hydrogen) atoms. The lowest BCUT2D eigenvalue weighted by atomic mass is 10.0. The number of rotatable bonds is 8. The Bertz CT molecular complexity index is 862. The Hall–Kier alpha value is -2.65. The summed E-state index contributed by atoms with van der Waals surface area (Å²) < 4.78 is 29.8. The molecule has 1 atom stereocenters. The lowest BCUT2D eigenvalue weighted by Gasteiger charge is -2.21. The minimum atomic E-state index is -1.31. The zero-order chi connectivity index (χ0) is 20.7. The number of carbonyl (C=O) groups is 2. The van der Waals surface area contributed by atoms with Gasteiger partial charge < -0.3 is 25.3 Å². The van der Waals surface area contributed by atoms with Gasteiger partial charge in [-0.25, -0.2) is 9.18 Å². The summed E-state index contributed by atoms with van der Waals surface area (Å²) in [6.07, 6.45) is 0. The predicted molar refractivity (Wildman–Crippen MR) is 104 cm³/mol. The van der Waals surface area contributed by atoms with E-state index in [0.29, 0.717) is 4.47 Å². The Kier molecular flexibility index (Phi) is 7.77. The molecule has 2 aromatic carbocycles. The van der Waals surface area contributed by atoms with Crippen molar-refractivity contribution in [2.24, 2.45) is 0 Å². The number of hydrogen-bond donors (Lipinski definition) is 2. The highest BCUT2D eigenvalue weighted by molar-refractivity contribution is 9.10. The Morgan fingerprint density at radius 1 is 1.25 bits per heavy atom. The second-order valence-electron chi connectivity index (χ2n) is 5.62. The third-order valence-corrected chi connectivity index (χ3v) is 4.17. The van der Waals surface area contributed by atoms with Crippen molar-refractivity contribution in [2.45, 2.75) is 13.0 Å². The summed E-state index contributed by atoms with van der Waals surface area (Å²) in [5.74, 6) is -1.83. The maximum atomic E-state index is 13.9. The van der Waals surface area contributed by atoms with Crippen LogP contribution in [-0.4, -0.2) is 32.4 Å². The highest BCUT2D eigenvalue weighted by Crippen LogP contribution is 2.28. The van der Waals surface area contributed by atoms with E-state index in [2.05, 4.69) is 21.2 Å². The maximum absolute atomic E-state index is 13.9. The number of nitrogen functional groups attached to an aromatic ring is 1. The molecule has 7 nitrogen and oxygen atoms in total. The van der Waals surface area contributed by atoms with E-state index in [1.165, 1.54) is 25.3 Å². The van der Waals surface area contributed by atoms with E-state index in [4.69, 9.17) is 19.9 Å². The third kappa shape index (κ3) is 5.43. The average molecular weight is 455 g/mol. The molecule has 0 aromatic heterocycles. The van der Waals surface area contributed by atoms with E-state index in [1.807, 2.05) is 0 Å². The second-order valence-corrected chi connectivity index (χ2v) is 6.54. The first-order chi connectivity index (χ1) is 13.4. The van der Waals surface area contributed by atoms with Crippen LogP contribution in [-0.2, 0) is 14.3 Å². The molecular weight excluding hydrogens is 435 g/mol. The highest BCUT2D eigenvalue weighted by atomic mass is 79.9. The number of methoxy groups -OCH3 is 1. The number of carbonyl (C=O) groups excluding carboxylic acids is 2. The van der Waals surface area contributed by atoms with Crippen molar-refractivity contribution in [2.75, 3.05) is 26.2 Å². The minimum Gasteiger partial charge on any atom is -0.467 e. The second kappa shape index (κ2) is 10.0. The molecule has 0 radical (unpaired) electrons. The van der Waals surface area contributed by atoms with Crippen LogP contribution in [0.2, 0.25) is 0 Å². The van der Waals surface area contributed by atoms with E-state index in [-0.39, 0.29) is 36.0 Å². The fourth-order valence-electron chi connectivity index (χ4n) is 2.42. The van der Waals surface area contributed by atoms with E-state index >= 15 is 0 Å². The molecule has 150 valence electrons. The van der Waals surface area contributed by atoms with E-state index < -0.39 is 23.7 Å². The van der Waals surface area contributed by atoms with Crippen LogP contribution >= 0.6 is 15.9 Å². The van der Waals surface area contributed by atoms with Crippen molar-refractivity contribution >= 4 is 33.5 Å². The van der Waals surface area contributed by atoms with Crippen LogP contribution in [0, 0.1) is 5.82 Å². The summed E-state index contributed by atoms with van der Waals surface area (Å²) >= 11 is 3.27. The Morgan fingerprint density at radius 2 is 2.00 bits per heavy atom. The normalized spacial score (nSPS) is 11.6. The van der Waals surface area contributed by atoms with Gasteiger partial charge in [0.15, 0.2) is 12.8 Å². The lowest BCUT2D eigenvalue weighted by Crippen LogP contribution is -2.35. The van der Waals surface area contributed by atoms with Gasteiger partial charge in [-0.15, -0.1) is 0 Å². The number of halogens is 2. The summed E-state index contributed by atoms with van der Waals surface area (Å²) in [6, 6.07) is 7.04. The first-order valence-corrected chi connectivity index (χ1v) is 9.10. The first kappa shape index (κ1) is 21.6. The van der Waals surface area contributed by atoms with Gasteiger partial charge in [0.1, 0.15) is 11.6 Å². The van der Waals surface area contributed by atoms with Gasteiger partial charge in [-0.1, -0.05) is 15.9 Å². The lowest BCUT2D eigenvalue weighted by molar-refractivity contribution is -0.145. The number of ether oxygens (including phenoxy) is 3. The van der Waals surface area contributed by atoms with Crippen LogP contribution in [0.3, 0.4) is 0 Å². The molecule has 0 aliphatic heterocycles. The summed E-state index contributed by atoms with van der Waals surface area (Å²) in [4.78, 5) is 25.3. The van der Waals surface area contributed by atoms with E-state index in [9.17, 15) is 14.0 Å². The van der Waals surface area contributed by atoms with Crippen molar-refractivity contribution in [3.05, 3.63) is 57.8 Å². The molecule has 0 fully saturated rings. The van der Waals surface area contributed by atoms with E-state index in [0.717, 1.165) is 6.07 Å². The van der Waals surface area contributed by atoms with Crippen LogP contribution < -0.4 is 15.8 Å². The molecule has 0 heterocycles. The van der Waals surface area contributed by atoms with Gasteiger partial charge in [-0.2, -0.15) is 0 Å². The number of benzene rings is 2. The minimum absolute atomic E-state index is 0.0772. The van der Waals surface area contributed by atoms with Crippen molar-refractivity contribution in [3.8, 4) is 5.75 Å². The van der Waals surface area contributed by atoms with Crippen LogP contribution in [0.15, 0.2) is 40.9 Å². The molecule has 9 heteroatoms. The molecule has 0 aliphatic rings. The van der Waals surface area contributed by atoms with Gasteiger partial charge in [0.2, 0.25) is 0 Å². The van der Waals surface area contributed by atoms with Crippen molar-refractivity contribution in [1.29, 1.82) is 0 Å². The summed E-state index contributed by atoms with van der Waals surface area (Å²) in [5.41, 5.74) is 6.33. The molecule has 0 spiro atoms. The molecule has 3 N–H and O–H groups in total. The Balaban J connectivity index is 2.43. The predicted octanol–water partition coefficient (Wildman–Crippen LogP) is 3.19. The molecule has 1 unspecified atom stereocenters. The molecule has 0 bridgehead atoms. The van der Waals surface area contributed by atoms with Gasteiger partial charge in [-0.05, 0) is 43.3 Å². The number of esters is 1. The SMILES string of the molecule is CCOC(=O)C(NC(=O)c1cc(Br)ccc1N)c1cc(F)ccc1OCOC. The average Bonchev–Trinajstić information content (AvgIpc) is 2.67. The zero-order valence-electron chi connectivity index (χ0n) is 15.3. The fraction of sp³-hybridized carbons (Fsp3) is 0.263. The molecule has 0 saturated carbocycles. The van der Waals surface area contributed by atoms with Crippen LogP contribution in [0.1, 0.15) is 28.9 Å². The summed E-state index contributed by atoms with van der Waals surface area (Å²) in [5, 5.41) is 2.54. The quantitative estimate of drug-likeness (QED) is 0.361.